The van der Waals surface area contributed by atoms with Crippen molar-refractivity contribution < 1.29 is 4.74 Å². The number of hydrogen-bond donors (Lipinski definition) is 1. The fourth-order valence-electron chi connectivity index (χ4n) is 7.15. The number of nitrogens with one attached hydrogen (secondary N) is 1. The van der Waals surface area contributed by atoms with Gasteiger partial charge in [-0.05, 0) is 64.4 Å². The van der Waals surface area contributed by atoms with Gasteiger partial charge in [0.2, 0.25) is 0 Å². The molecule has 10 rings (SSSR count). The molecule has 1 unspecified atom stereocenters. The van der Waals surface area contributed by atoms with E-state index in [1.54, 1.807) is 0 Å². The van der Waals surface area contributed by atoms with Crippen LogP contribution in [0.1, 0.15) is 11.8 Å². The summed E-state index contributed by atoms with van der Waals surface area (Å²) >= 11 is 1.84. The van der Waals surface area contributed by atoms with Gasteiger partial charge in [-0.3, -0.25) is 0 Å². The van der Waals surface area contributed by atoms with Gasteiger partial charge in [-0.2, -0.15) is 0 Å². The molecule has 1 atom stereocenters. The molecule has 3 heterocycles. The van der Waals surface area contributed by atoms with Crippen LogP contribution in [0.15, 0.2) is 146 Å². The molecule has 0 amide bonds. The predicted molar refractivity (Wildman–Crippen MR) is 190 cm³/mol. The smallest absolute Gasteiger partial charge is 0.196 e. The van der Waals surface area contributed by atoms with E-state index in [1.807, 2.05) is 11.3 Å². The minimum Gasteiger partial charge on any atom is -0.464 e. The molecule has 9 aromatic rings. The van der Waals surface area contributed by atoms with Gasteiger partial charge >= 0.3 is 0 Å². The predicted octanol–water partition coefficient (Wildman–Crippen LogP) is 11.5. The van der Waals surface area contributed by atoms with Crippen molar-refractivity contribution in [2.75, 3.05) is 5.32 Å². The first-order chi connectivity index (χ1) is 22.3. The number of thiophene rings is 1. The van der Waals surface area contributed by atoms with Gasteiger partial charge in [-0.1, -0.05) is 103 Å². The van der Waals surface area contributed by atoms with Crippen LogP contribution < -0.4 is 10.1 Å². The van der Waals surface area contributed by atoms with Crippen LogP contribution in [0.2, 0.25) is 0 Å². The van der Waals surface area contributed by atoms with Crippen LogP contribution in [0.5, 0.6) is 5.75 Å². The highest BCUT2D eigenvalue weighted by atomic mass is 32.1. The van der Waals surface area contributed by atoms with Crippen LogP contribution >= 0.6 is 11.3 Å². The van der Waals surface area contributed by atoms with E-state index in [0.29, 0.717) is 0 Å². The lowest BCUT2D eigenvalue weighted by Crippen LogP contribution is -2.10. The quantitative estimate of drug-likeness (QED) is 0.220. The Bertz CT molecular complexity index is 2600. The van der Waals surface area contributed by atoms with E-state index in [4.69, 9.17) is 4.74 Å². The Kier molecular flexibility index (Phi) is 5.22. The lowest BCUT2D eigenvalue weighted by molar-refractivity contribution is 0.260. The summed E-state index contributed by atoms with van der Waals surface area (Å²) in [6.07, 6.45) is -0.250. The molecule has 0 bridgehead atoms. The van der Waals surface area contributed by atoms with Crippen molar-refractivity contribution in [3.8, 4) is 22.6 Å². The van der Waals surface area contributed by atoms with E-state index in [2.05, 4.69) is 155 Å². The zero-order chi connectivity index (χ0) is 29.5. The average Bonchev–Trinajstić information content (AvgIpc) is 3.80. The molecule has 0 saturated carbocycles. The summed E-state index contributed by atoms with van der Waals surface area (Å²) in [6.45, 7) is 0. The highest BCUT2D eigenvalue weighted by Crippen LogP contribution is 2.48. The first-order valence-corrected chi connectivity index (χ1v) is 16.1. The van der Waals surface area contributed by atoms with Crippen LogP contribution in [0.25, 0.3) is 69.6 Å². The lowest BCUT2D eigenvalue weighted by atomic mass is 10.0. The molecule has 0 fully saturated rings. The largest absolute Gasteiger partial charge is 0.464 e. The monoisotopic (exact) mass is 594 g/mol. The summed E-state index contributed by atoms with van der Waals surface area (Å²) in [6, 6.07) is 52.3. The molecule has 2 aromatic heterocycles. The standard InChI is InChI=1S/C41H26N2OS/c1-2-8-25(9-3-1)28-16-20-32-37(24-28)45-36-23-22-35-40(39(32)36)42-41(44-35)27-14-18-29(19-15-27)43-33-13-7-6-12-31(33)38-30-11-5-4-10-26(30)17-21-34(38)43/h1-24,41-42H. The maximum atomic E-state index is 6.52. The average molecular weight is 595 g/mol. The minimum atomic E-state index is -0.250. The molecule has 4 heteroatoms. The van der Waals surface area contributed by atoms with Gasteiger partial charge in [0, 0.05) is 42.2 Å². The number of ether oxygens (including phenoxy) is 1. The van der Waals surface area contributed by atoms with Crippen molar-refractivity contribution in [1.29, 1.82) is 0 Å². The minimum absolute atomic E-state index is 0.250. The number of nitrogens with zero attached hydrogens (tertiary/aromatic N) is 1. The van der Waals surface area contributed by atoms with Gasteiger partial charge in [0.1, 0.15) is 5.75 Å². The van der Waals surface area contributed by atoms with Gasteiger partial charge in [0.15, 0.2) is 6.23 Å². The Morgan fingerprint density at radius 3 is 2.24 bits per heavy atom. The fourth-order valence-corrected chi connectivity index (χ4v) is 8.31. The molecule has 0 radical (unpaired) electrons. The fraction of sp³-hybridized carbons (Fsp3) is 0.0244. The highest BCUT2D eigenvalue weighted by molar-refractivity contribution is 7.26. The summed E-state index contributed by atoms with van der Waals surface area (Å²) in [5.41, 5.74) is 8.21. The molecule has 7 aromatic carbocycles. The van der Waals surface area contributed by atoms with Crippen LogP contribution in [-0.2, 0) is 0 Å². The van der Waals surface area contributed by atoms with Crippen molar-refractivity contribution in [2.24, 2.45) is 0 Å². The Morgan fingerprint density at radius 2 is 1.36 bits per heavy atom. The molecule has 1 aliphatic rings. The summed E-state index contributed by atoms with van der Waals surface area (Å²) < 4.78 is 11.4. The van der Waals surface area contributed by atoms with E-state index >= 15 is 0 Å². The second kappa shape index (κ2) is 9.46. The third-order valence-electron chi connectivity index (χ3n) is 9.24. The highest BCUT2D eigenvalue weighted by Gasteiger charge is 2.27. The van der Waals surface area contributed by atoms with E-state index in [9.17, 15) is 0 Å². The summed E-state index contributed by atoms with van der Waals surface area (Å²) in [7, 11) is 0. The van der Waals surface area contributed by atoms with Crippen LogP contribution in [-0.4, -0.2) is 4.57 Å². The van der Waals surface area contributed by atoms with E-state index in [-0.39, 0.29) is 6.23 Å². The second-order valence-electron chi connectivity index (χ2n) is 11.8. The zero-order valence-corrected chi connectivity index (χ0v) is 25.0. The Balaban J connectivity index is 1.03. The Hall–Kier alpha value is -5.58. The van der Waals surface area contributed by atoms with Crippen molar-refractivity contribution in [1.82, 2.24) is 4.57 Å². The number of fused-ring (bicyclic) bond motifs is 10. The van der Waals surface area contributed by atoms with Gasteiger partial charge in [0.25, 0.3) is 0 Å². The molecule has 1 N–H and O–H groups in total. The number of anilines is 1. The number of hydrogen-bond acceptors (Lipinski definition) is 3. The Morgan fingerprint density at radius 1 is 0.556 bits per heavy atom. The van der Waals surface area contributed by atoms with E-state index < -0.39 is 0 Å². The first-order valence-electron chi connectivity index (χ1n) is 15.3. The van der Waals surface area contributed by atoms with Crippen LogP contribution in [0, 0.1) is 0 Å². The number of para-hydroxylation sites is 1. The van der Waals surface area contributed by atoms with Gasteiger partial charge < -0.3 is 14.6 Å². The van der Waals surface area contributed by atoms with Crippen molar-refractivity contribution in [3.63, 3.8) is 0 Å². The molecule has 0 saturated heterocycles. The third-order valence-corrected chi connectivity index (χ3v) is 10.4. The molecular weight excluding hydrogens is 569 g/mol. The molecule has 3 nitrogen and oxygen atoms in total. The molecule has 1 aliphatic heterocycles. The molecule has 212 valence electrons. The summed E-state index contributed by atoms with van der Waals surface area (Å²) in [5, 5.41) is 11.3. The van der Waals surface area contributed by atoms with Gasteiger partial charge in [-0.25, -0.2) is 0 Å². The van der Waals surface area contributed by atoms with E-state index in [1.165, 1.54) is 63.9 Å². The number of rotatable bonds is 3. The van der Waals surface area contributed by atoms with Crippen molar-refractivity contribution in [3.05, 3.63) is 151 Å². The SMILES string of the molecule is c1ccc(-c2ccc3c(c2)sc2ccc4c(c23)NC(c2ccc(-n3c5ccccc5c5c6ccccc6ccc53)cc2)O4)cc1. The maximum Gasteiger partial charge on any atom is 0.196 e. The Labute approximate surface area is 263 Å². The van der Waals surface area contributed by atoms with E-state index in [0.717, 1.165) is 22.7 Å². The summed E-state index contributed by atoms with van der Waals surface area (Å²) in [5.74, 6) is 0.901. The lowest BCUT2D eigenvalue weighted by Gasteiger charge is -2.14. The third kappa shape index (κ3) is 3.70. The maximum absolute atomic E-state index is 6.52. The molecule has 0 spiro atoms. The topological polar surface area (TPSA) is 26.2 Å². The van der Waals surface area contributed by atoms with Crippen molar-refractivity contribution in [2.45, 2.75) is 6.23 Å². The van der Waals surface area contributed by atoms with Crippen LogP contribution in [0.3, 0.4) is 0 Å². The van der Waals surface area contributed by atoms with Gasteiger partial charge in [0.05, 0.1) is 16.7 Å². The zero-order valence-electron chi connectivity index (χ0n) is 24.2. The number of benzene rings is 7. The summed E-state index contributed by atoms with van der Waals surface area (Å²) in [4.78, 5) is 0. The molecule has 45 heavy (non-hydrogen) atoms. The second-order valence-corrected chi connectivity index (χ2v) is 12.8. The van der Waals surface area contributed by atoms with Crippen molar-refractivity contribution >= 4 is 69.8 Å². The van der Waals surface area contributed by atoms with Crippen LogP contribution in [0.4, 0.5) is 5.69 Å². The molecule has 0 aliphatic carbocycles. The number of aromatic nitrogens is 1. The van der Waals surface area contributed by atoms with Gasteiger partial charge in [-0.15, -0.1) is 11.3 Å². The first kappa shape index (κ1) is 24.8. The normalized spacial score (nSPS) is 14.4. The molecular formula is C41H26N2OS.